The highest BCUT2D eigenvalue weighted by Crippen LogP contribution is 2.61. The molecule has 54 heavy (non-hydrogen) atoms. The number of benzene rings is 9. The summed E-state index contributed by atoms with van der Waals surface area (Å²) in [6.45, 7) is 0. The molecule has 0 unspecified atom stereocenters. The number of para-hydroxylation sites is 2. The summed E-state index contributed by atoms with van der Waals surface area (Å²) in [5, 5.41) is 4.95. The minimum absolute atomic E-state index is 0.496. The summed E-state index contributed by atoms with van der Waals surface area (Å²) in [6, 6.07) is 72.5. The first kappa shape index (κ1) is 31.0. The summed E-state index contributed by atoms with van der Waals surface area (Å²) in [7, 11) is 0. The molecular weight excluding hydrogens is 675 g/mol. The maximum atomic E-state index is 6.84. The molecule has 1 spiro atoms. The highest BCUT2D eigenvalue weighted by Gasteiger charge is 2.49. The predicted molar refractivity (Wildman–Crippen MR) is 224 cm³/mol. The lowest BCUT2D eigenvalue weighted by atomic mass is 9.63. The summed E-state index contributed by atoms with van der Waals surface area (Å²) >= 11 is 1.86. The molecule has 3 heteroatoms. The second-order valence-electron chi connectivity index (χ2n) is 14.0. The van der Waals surface area contributed by atoms with E-state index < -0.39 is 5.41 Å². The van der Waals surface area contributed by atoms with Crippen LogP contribution in [0.3, 0.4) is 0 Å². The summed E-state index contributed by atoms with van der Waals surface area (Å²) in [4.78, 5) is 4.94. The van der Waals surface area contributed by atoms with Crippen LogP contribution in [0.1, 0.15) is 22.3 Å². The van der Waals surface area contributed by atoms with Gasteiger partial charge >= 0.3 is 0 Å². The number of fused-ring (bicyclic) bond motifs is 11. The molecule has 9 aromatic rings. The number of anilines is 3. The second kappa shape index (κ2) is 12.3. The number of nitrogens with zero attached hydrogens (tertiary/aromatic N) is 1. The molecule has 9 aromatic carbocycles. The monoisotopic (exact) mass is 707 g/mol. The van der Waals surface area contributed by atoms with Crippen LogP contribution in [0.4, 0.5) is 17.1 Å². The van der Waals surface area contributed by atoms with Gasteiger partial charge in [0.15, 0.2) is 0 Å². The Bertz CT molecular complexity index is 2830. The van der Waals surface area contributed by atoms with E-state index in [0.29, 0.717) is 0 Å². The summed E-state index contributed by atoms with van der Waals surface area (Å²) in [5.41, 5.74) is 10.1. The van der Waals surface area contributed by atoms with Crippen LogP contribution >= 0.6 is 11.8 Å². The zero-order chi connectivity index (χ0) is 35.6. The van der Waals surface area contributed by atoms with Crippen molar-refractivity contribution in [2.75, 3.05) is 4.90 Å². The lowest BCUT2D eigenvalue weighted by Gasteiger charge is -2.45. The average molecular weight is 708 g/mol. The van der Waals surface area contributed by atoms with Crippen molar-refractivity contribution in [1.29, 1.82) is 0 Å². The van der Waals surface area contributed by atoms with E-state index in [2.05, 4.69) is 205 Å². The normalized spacial score (nSPS) is 13.4. The number of rotatable bonds is 4. The number of ether oxygens (including phenoxy) is 1. The topological polar surface area (TPSA) is 12.5 Å². The van der Waals surface area contributed by atoms with Crippen molar-refractivity contribution < 1.29 is 4.74 Å². The zero-order valence-electron chi connectivity index (χ0n) is 29.3. The Morgan fingerprint density at radius 1 is 0.389 bits per heavy atom. The summed E-state index contributed by atoms with van der Waals surface area (Å²) in [6.07, 6.45) is 0. The summed E-state index contributed by atoms with van der Waals surface area (Å²) in [5.74, 6) is 1.79. The smallest absolute Gasteiger partial charge is 0.132 e. The van der Waals surface area contributed by atoms with Crippen LogP contribution in [0.25, 0.3) is 32.7 Å². The Kier molecular flexibility index (Phi) is 7.05. The molecule has 0 saturated heterocycles. The molecule has 2 nitrogen and oxygen atoms in total. The molecule has 2 aliphatic heterocycles. The van der Waals surface area contributed by atoms with Crippen LogP contribution in [-0.4, -0.2) is 0 Å². The maximum absolute atomic E-state index is 6.84. The fourth-order valence-electron chi connectivity index (χ4n) is 8.83. The van der Waals surface area contributed by atoms with Gasteiger partial charge in [0, 0.05) is 37.7 Å². The lowest BCUT2D eigenvalue weighted by molar-refractivity contribution is 0.431. The number of hydrogen-bond acceptors (Lipinski definition) is 3. The Labute approximate surface area is 318 Å². The lowest BCUT2D eigenvalue weighted by Crippen LogP contribution is -2.36. The molecule has 0 N–H and O–H groups in total. The Morgan fingerprint density at radius 3 is 1.70 bits per heavy atom. The molecule has 11 rings (SSSR count). The molecule has 0 fully saturated rings. The molecule has 0 saturated carbocycles. The van der Waals surface area contributed by atoms with Crippen LogP contribution in [0, 0.1) is 0 Å². The van der Waals surface area contributed by atoms with Crippen molar-refractivity contribution in [2.45, 2.75) is 15.2 Å². The predicted octanol–water partition coefficient (Wildman–Crippen LogP) is 14.1. The van der Waals surface area contributed by atoms with Crippen molar-refractivity contribution >= 4 is 50.4 Å². The largest absolute Gasteiger partial charge is 0.457 e. The van der Waals surface area contributed by atoms with Gasteiger partial charge in [-0.3, -0.25) is 0 Å². The quantitative estimate of drug-likeness (QED) is 0.169. The Balaban J connectivity index is 1.06. The Hall–Kier alpha value is -6.55. The van der Waals surface area contributed by atoms with E-state index in [0.717, 1.165) is 39.7 Å². The first-order valence-corrected chi connectivity index (χ1v) is 19.2. The molecule has 2 heterocycles. The van der Waals surface area contributed by atoms with Crippen LogP contribution in [-0.2, 0) is 5.41 Å². The fourth-order valence-corrected chi connectivity index (χ4v) is 10.0. The van der Waals surface area contributed by atoms with Crippen molar-refractivity contribution in [3.8, 4) is 22.6 Å². The number of hydrogen-bond donors (Lipinski definition) is 0. The van der Waals surface area contributed by atoms with Crippen LogP contribution in [0.15, 0.2) is 210 Å². The van der Waals surface area contributed by atoms with E-state index in [1.165, 1.54) is 53.6 Å². The van der Waals surface area contributed by atoms with Gasteiger partial charge in [0.1, 0.15) is 11.5 Å². The van der Waals surface area contributed by atoms with Gasteiger partial charge in [-0.1, -0.05) is 157 Å². The first-order valence-electron chi connectivity index (χ1n) is 18.4. The molecule has 2 aliphatic rings. The fraction of sp³-hybridized carbons (Fsp3) is 0.0196. The first-order chi connectivity index (χ1) is 26.8. The highest BCUT2D eigenvalue weighted by molar-refractivity contribution is 7.99. The van der Waals surface area contributed by atoms with Crippen LogP contribution in [0.5, 0.6) is 11.5 Å². The molecule has 0 radical (unpaired) electrons. The van der Waals surface area contributed by atoms with E-state index in [1.54, 1.807) is 0 Å². The molecular formula is C51H33NOS. The second-order valence-corrected chi connectivity index (χ2v) is 15.1. The average Bonchev–Trinajstić information content (AvgIpc) is 3.24. The van der Waals surface area contributed by atoms with Crippen molar-refractivity contribution in [1.82, 2.24) is 0 Å². The third-order valence-electron chi connectivity index (χ3n) is 11.2. The van der Waals surface area contributed by atoms with Gasteiger partial charge in [-0.05, 0) is 93.0 Å². The Morgan fingerprint density at radius 2 is 0.944 bits per heavy atom. The third kappa shape index (κ3) is 4.62. The zero-order valence-corrected chi connectivity index (χ0v) is 30.1. The van der Waals surface area contributed by atoms with E-state index in [1.807, 2.05) is 11.8 Å². The molecule has 0 atom stereocenters. The van der Waals surface area contributed by atoms with Gasteiger partial charge in [-0.25, -0.2) is 0 Å². The highest BCUT2D eigenvalue weighted by atomic mass is 32.2. The van der Waals surface area contributed by atoms with E-state index >= 15 is 0 Å². The SMILES string of the molecule is c1ccc(N(c2ccc(-c3ccc4c(c3)Oc3ccccc3C43c4ccccc4Sc4ccccc43)cc2)c2cc3ccccc3c3ccccc23)cc1. The molecule has 0 aliphatic carbocycles. The van der Waals surface area contributed by atoms with Gasteiger partial charge in [0.25, 0.3) is 0 Å². The van der Waals surface area contributed by atoms with Gasteiger partial charge in [-0.2, -0.15) is 0 Å². The minimum Gasteiger partial charge on any atom is -0.457 e. The van der Waals surface area contributed by atoms with E-state index in [-0.39, 0.29) is 0 Å². The van der Waals surface area contributed by atoms with E-state index in [9.17, 15) is 0 Å². The molecule has 0 amide bonds. The molecule has 0 aromatic heterocycles. The third-order valence-corrected chi connectivity index (χ3v) is 12.3. The molecule has 254 valence electrons. The maximum Gasteiger partial charge on any atom is 0.132 e. The van der Waals surface area contributed by atoms with Gasteiger partial charge in [0.05, 0.1) is 11.1 Å². The summed E-state index contributed by atoms with van der Waals surface area (Å²) < 4.78 is 6.84. The van der Waals surface area contributed by atoms with Gasteiger partial charge in [-0.15, -0.1) is 0 Å². The minimum atomic E-state index is -0.496. The van der Waals surface area contributed by atoms with Crippen molar-refractivity contribution in [2.24, 2.45) is 0 Å². The van der Waals surface area contributed by atoms with E-state index in [4.69, 9.17) is 4.74 Å². The van der Waals surface area contributed by atoms with Crippen LogP contribution < -0.4 is 9.64 Å². The van der Waals surface area contributed by atoms with Gasteiger partial charge in [0.2, 0.25) is 0 Å². The van der Waals surface area contributed by atoms with Crippen LogP contribution in [0.2, 0.25) is 0 Å². The van der Waals surface area contributed by atoms with Crippen molar-refractivity contribution in [3.05, 3.63) is 222 Å². The molecule has 0 bridgehead atoms. The van der Waals surface area contributed by atoms with Gasteiger partial charge < -0.3 is 9.64 Å². The standard InChI is InChI=1S/C51H33NOS/c1-2-15-37(16-3-1)52(46-32-36-14-4-5-17-39(36)40-18-6-7-19-41(40)46)38-29-26-34(27-30-38)35-28-31-43-48(33-35)53-47-23-11-8-20-42(47)51(43)44-21-9-12-24-49(44)54-50-25-13-10-22-45(50)51/h1-33H. The van der Waals surface area contributed by atoms with Crippen molar-refractivity contribution in [3.63, 3.8) is 0 Å².